The fourth-order valence-corrected chi connectivity index (χ4v) is 5.73. The van der Waals surface area contributed by atoms with Gasteiger partial charge in [0.15, 0.2) is 0 Å². The molecule has 0 aromatic carbocycles. The highest BCUT2D eigenvalue weighted by molar-refractivity contribution is 5.69. The van der Waals surface area contributed by atoms with Crippen molar-refractivity contribution in [1.82, 2.24) is 10.6 Å². The fourth-order valence-electron chi connectivity index (χ4n) is 5.73. The smallest absolute Gasteiger partial charge is 0.305 e. The molecule has 0 aromatic rings. The van der Waals surface area contributed by atoms with E-state index in [1.165, 1.54) is 141 Å². The van der Waals surface area contributed by atoms with Gasteiger partial charge in [0.25, 0.3) is 0 Å². The number of unbranched alkanes of at least 4 members (excludes halogenated alkanes) is 22. The first-order valence-corrected chi connectivity index (χ1v) is 20.7. The average molecular weight is 677 g/mol. The third-order valence-corrected chi connectivity index (χ3v) is 8.85. The van der Waals surface area contributed by atoms with Gasteiger partial charge in [-0.3, -0.25) is 9.59 Å². The molecule has 282 valence electrons. The van der Waals surface area contributed by atoms with E-state index in [2.05, 4.69) is 48.8 Å². The Morgan fingerprint density at radius 3 is 1.02 bits per heavy atom. The average Bonchev–Trinajstić information content (AvgIpc) is 3.09. The van der Waals surface area contributed by atoms with Gasteiger partial charge < -0.3 is 20.1 Å². The molecule has 0 aliphatic heterocycles. The van der Waals surface area contributed by atoms with Gasteiger partial charge in [0.1, 0.15) is 13.2 Å². The molecule has 6 nitrogen and oxygen atoms in total. The molecular weight excluding hydrogens is 596 g/mol. The summed E-state index contributed by atoms with van der Waals surface area (Å²) in [7, 11) is 0. The molecule has 0 spiro atoms. The quantitative estimate of drug-likeness (QED) is 0.0383. The Hall–Kier alpha value is -1.66. The minimum Gasteiger partial charge on any atom is -0.464 e. The van der Waals surface area contributed by atoms with Crippen LogP contribution in [0.5, 0.6) is 0 Å². The summed E-state index contributed by atoms with van der Waals surface area (Å²) >= 11 is 0. The van der Waals surface area contributed by atoms with Crippen LogP contribution in [-0.2, 0) is 19.1 Å². The zero-order valence-corrected chi connectivity index (χ0v) is 32.0. The van der Waals surface area contributed by atoms with Crippen LogP contribution in [0.2, 0.25) is 0 Å². The van der Waals surface area contributed by atoms with Crippen molar-refractivity contribution >= 4 is 11.9 Å². The van der Waals surface area contributed by atoms with Crippen molar-refractivity contribution in [1.29, 1.82) is 0 Å². The molecule has 0 aromatic heterocycles. The zero-order chi connectivity index (χ0) is 34.9. The number of carbonyl (C=O) groups is 2. The van der Waals surface area contributed by atoms with Gasteiger partial charge in [-0.1, -0.05) is 141 Å². The minimum absolute atomic E-state index is 0.0869. The number of rotatable bonds is 39. The van der Waals surface area contributed by atoms with Crippen LogP contribution in [-0.4, -0.2) is 51.3 Å². The van der Waals surface area contributed by atoms with Crippen LogP contribution in [0.15, 0.2) is 24.3 Å². The Balaban J connectivity index is 3.29. The molecule has 0 amide bonds. The summed E-state index contributed by atoms with van der Waals surface area (Å²) in [5.74, 6) is -0.174. The fraction of sp³-hybridized carbons (Fsp3) is 0.857. The number of esters is 2. The van der Waals surface area contributed by atoms with Crippen LogP contribution in [0.25, 0.3) is 0 Å². The predicted octanol–water partition coefficient (Wildman–Crippen LogP) is 11.3. The maximum Gasteiger partial charge on any atom is 0.305 e. The van der Waals surface area contributed by atoms with Gasteiger partial charge in [-0.05, 0) is 64.2 Å². The lowest BCUT2D eigenvalue weighted by atomic mass is 10.1. The zero-order valence-electron chi connectivity index (χ0n) is 32.0. The summed E-state index contributed by atoms with van der Waals surface area (Å²) in [6.45, 7) is 8.25. The van der Waals surface area contributed by atoms with E-state index in [0.29, 0.717) is 39.1 Å². The number of allylic oxidation sites excluding steroid dienone is 4. The largest absolute Gasteiger partial charge is 0.464 e. The van der Waals surface area contributed by atoms with Crippen LogP contribution < -0.4 is 10.6 Å². The maximum absolute atomic E-state index is 11.9. The number of hydrogen-bond acceptors (Lipinski definition) is 6. The van der Waals surface area contributed by atoms with Crippen LogP contribution in [0.1, 0.15) is 194 Å². The number of hydrogen-bond donors (Lipinski definition) is 2. The first-order valence-electron chi connectivity index (χ1n) is 20.7. The van der Waals surface area contributed by atoms with Crippen molar-refractivity contribution < 1.29 is 19.1 Å². The molecule has 0 fully saturated rings. The van der Waals surface area contributed by atoms with Gasteiger partial charge in [0, 0.05) is 39.0 Å². The SMILES string of the molecule is CCCCCCCC/C=C\CCCCCCCC(=O)OCCNCCNCCOC(=O)CCCCCCC/C=C\CCCCCCCC. The van der Waals surface area contributed by atoms with Crippen molar-refractivity contribution in [2.24, 2.45) is 0 Å². The predicted molar refractivity (Wildman–Crippen MR) is 207 cm³/mol. The molecule has 0 saturated carbocycles. The Bertz CT molecular complexity index is 664. The molecule has 0 atom stereocenters. The lowest BCUT2D eigenvalue weighted by Gasteiger charge is -2.08. The normalized spacial score (nSPS) is 11.6. The van der Waals surface area contributed by atoms with E-state index >= 15 is 0 Å². The highest BCUT2D eigenvalue weighted by Gasteiger charge is 2.03. The summed E-state index contributed by atoms with van der Waals surface area (Å²) in [5, 5.41) is 6.55. The summed E-state index contributed by atoms with van der Waals surface area (Å²) in [6, 6.07) is 0. The minimum atomic E-state index is -0.0869. The Kier molecular flexibility index (Phi) is 40.1. The van der Waals surface area contributed by atoms with Gasteiger partial charge in [-0.15, -0.1) is 0 Å². The second kappa shape index (κ2) is 41.5. The van der Waals surface area contributed by atoms with Crippen LogP contribution >= 0.6 is 0 Å². The monoisotopic (exact) mass is 677 g/mol. The topological polar surface area (TPSA) is 76.7 Å². The second-order valence-corrected chi connectivity index (χ2v) is 13.6. The van der Waals surface area contributed by atoms with Gasteiger partial charge in [-0.2, -0.15) is 0 Å². The van der Waals surface area contributed by atoms with E-state index in [9.17, 15) is 9.59 Å². The van der Waals surface area contributed by atoms with Gasteiger partial charge in [0.2, 0.25) is 0 Å². The van der Waals surface area contributed by atoms with E-state index in [4.69, 9.17) is 9.47 Å². The van der Waals surface area contributed by atoms with Crippen molar-refractivity contribution in [3.63, 3.8) is 0 Å². The summed E-state index contributed by atoms with van der Waals surface area (Å²) < 4.78 is 10.7. The van der Waals surface area contributed by atoms with E-state index in [0.717, 1.165) is 38.8 Å². The molecule has 0 aliphatic carbocycles. The molecule has 0 heterocycles. The number of carbonyl (C=O) groups excluding carboxylic acids is 2. The summed E-state index contributed by atoms with van der Waals surface area (Å²) in [5.41, 5.74) is 0. The highest BCUT2D eigenvalue weighted by atomic mass is 16.5. The molecular formula is C42H80N2O4. The molecule has 0 aliphatic rings. The molecule has 0 bridgehead atoms. The van der Waals surface area contributed by atoms with Gasteiger partial charge in [-0.25, -0.2) is 0 Å². The van der Waals surface area contributed by atoms with E-state index in [1.807, 2.05) is 0 Å². The molecule has 0 unspecified atom stereocenters. The Morgan fingerprint density at radius 1 is 0.396 bits per heavy atom. The third kappa shape index (κ3) is 40.5. The Morgan fingerprint density at radius 2 is 0.688 bits per heavy atom. The number of nitrogens with one attached hydrogen (secondary N) is 2. The van der Waals surface area contributed by atoms with Crippen molar-refractivity contribution in [2.75, 3.05) is 39.4 Å². The van der Waals surface area contributed by atoms with Crippen LogP contribution in [0.4, 0.5) is 0 Å². The third-order valence-electron chi connectivity index (χ3n) is 8.85. The Labute approximate surface area is 298 Å². The lowest BCUT2D eigenvalue weighted by Crippen LogP contribution is -2.31. The van der Waals surface area contributed by atoms with E-state index in [-0.39, 0.29) is 11.9 Å². The lowest BCUT2D eigenvalue weighted by molar-refractivity contribution is -0.144. The van der Waals surface area contributed by atoms with Gasteiger partial charge in [0.05, 0.1) is 0 Å². The standard InChI is InChI=1S/C42H80N2O4/c1-3-5-7-9-11-13-15-17-19-21-23-25-27-29-31-33-41(45)47-39-37-43-35-36-44-38-40-48-42(46)34-32-30-28-26-24-22-20-18-16-14-12-10-8-6-4-2/h17-20,43-44H,3-16,21-40H2,1-2H3/b19-17-,20-18-. The molecule has 2 N–H and O–H groups in total. The van der Waals surface area contributed by atoms with Crippen molar-refractivity contribution in [3.05, 3.63) is 24.3 Å². The van der Waals surface area contributed by atoms with E-state index in [1.54, 1.807) is 0 Å². The first kappa shape index (κ1) is 46.3. The van der Waals surface area contributed by atoms with Gasteiger partial charge >= 0.3 is 11.9 Å². The summed E-state index contributed by atoms with van der Waals surface area (Å²) in [4.78, 5) is 23.8. The molecule has 0 saturated heterocycles. The van der Waals surface area contributed by atoms with Crippen LogP contribution in [0, 0.1) is 0 Å². The van der Waals surface area contributed by atoms with Crippen LogP contribution in [0.3, 0.4) is 0 Å². The molecule has 6 heteroatoms. The molecule has 48 heavy (non-hydrogen) atoms. The molecule has 0 radical (unpaired) electrons. The molecule has 0 rings (SSSR count). The maximum atomic E-state index is 11.9. The number of ether oxygens (including phenoxy) is 2. The summed E-state index contributed by atoms with van der Waals surface area (Å²) in [6.07, 6.45) is 43.2. The second-order valence-electron chi connectivity index (χ2n) is 13.6. The highest BCUT2D eigenvalue weighted by Crippen LogP contribution is 2.12. The van der Waals surface area contributed by atoms with E-state index < -0.39 is 0 Å². The first-order chi connectivity index (χ1) is 23.7. The van der Waals surface area contributed by atoms with Crippen molar-refractivity contribution in [3.8, 4) is 0 Å². The van der Waals surface area contributed by atoms with Crippen molar-refractivity contribution in [2.45, 2.75) is 194 Å².